The summed E-state index contributed by atoms with van der Waals surface area (Å²) in [5.41, 5.74) is 0. The van der Waals surface area contributed by atoms with Gasteiger partial charge in [-0.25, -0.2) is 0 Å². The summed E-state index contributed by atoms with van der Waals surface area (Å²) in [5, 5.41) is 23.0. The first kappa shape index (κ1) is 53.6. The van der Waals surface area contributed by atoms with Crippen molar-refractivity contribution in [2.45, 2.75) is 276 Å². The first-order chi connectivity index (χ1) is 27.0. The Bertz CT molecular complexity index is 817. The topological polar surface area (TPSA) is 95.9 Å². The monoisotopic (exact) mass is 778 g/mol. The number of amides is 1. The average molecular weight is 778 g/mol. The number of rotatable bonds is 45. The Morgan fingerprint density at radius 3 is 1.29 bits per heavy atom. The Hall–Kier alpha value is -1.40. The van der Waals surface area contributed by atoms with Crippen LogP contribution >= 0.6 is 0 Å². The lowest BCUT2D eigenvalue weighted by atomic mass is 10.0. The average Bonchev–Trinajstić information content (AvgIpc) is 3.18. The summed E-state index contributed by atoms with van der Waals surface area (Å²) < 4.78 is 5.45. The molecule has 0 aromatic carbocycles. The largest absolute Gasteiger partial charge is 0.466 e. The summed E-state index contributed by atoms with van der Waals surface area (Å²) in [7, 11) is 0. The van der Waals surface area contributed by atoms with Crippen LogP contribution in [0.2, 0.25) is 0 Å². The van der Waals surface area contributed by atoms with Crippen LogP contribution in [0, 0.1) is 0 Å². The molecule has 1 amide bonds. The number of carbonyl (C=O) groups excluding carboxylic acids is 2. The maximum absolute atomic E-state index is 12.4. The fourth-order valence-corrected chi connectivity index (χ4v) is 7.51. The van der Waals surface area contributed by atoms with Gasteiger partial charge >= 0.3 is 5.97 Å². The highest BCUT2D eigenvalue weighted by Crippen LogP contribution is 2.16. The van der Waals surface area contributed by atoms with Crippen molar-refractivity contribution in [2.75, 3.05) is 13.2 Å². The Morgan fingerprint density at radius 1 is 0.491 bits per heavy atom. The molecule has 6 heteroatoms. The van der Waals surface area contributed by atoms with Gasteiger partial charge in [0.05, 0.1) is 25.4 Å². The number of hydrogen-bond donors (Lipinski definition) is 3. The summed E-state index contributed by atoms with van der Waals surface area (Å²) in [6, 6.07) is -0.547. The van der Waals surface area contributed by atoms with E-state index in [1.54, 1.807) is 0 Å². The van der Waals surface area contributed by atoms with E-state index in [1.165, 1.54) is 180 Å². The van der Waals surface area contributed by atoms with Gasteiger partial charge in [0, 0.05) is 12.8 Å². The Balaban J connectivity index is 3.43. The van der Waals surface area contributed by atoms with Crippen molar-refractivity contribution in [3.05, 3.63) is 12.2 Å². The van der Waals surface area contributed by atoms with Gasteiger partial charge in [0.2, 0.25) is 5.91 Å². The van der Waals surface area contributed by atoms with Crippen molar-refractivity contribution in [2.24, 2.45) is 0 Å². The molecule has 3 N–H and O–H groups in total. The van der Waals surface area contributed by atoms with Crippen molar-refractivity contribution < 1.29 is 24.5 Å². The Kier molecular flexibility index (Phi) is 44.2. The predicted octanol–water partition coefficient (Wildman–Crippen LogP) is 14.2. The highest BCUT2D eigenvalue weighted by molar-refractivity contribution is 5.76. The molecule has 0 saturated heterocycles. The third kappa shape index (κ3) is 42.0. The van der Waals surface area contributed by atoms with Crippen LogP contribution in [0.3, 0.4) is 0 Å². The standard InChI is InChI=1S/C49H95NO5/c1-3-5-7-9-11-13-14-23-27-31-35-39-43-49(54)55-44-40-36-32-28-24-21-19-17-15-16-18-20-22-26-30-34-38-42-48(53)50-46(45-51)47(52)41-37-33-29-25-12-10-8-6-4-2/h15,17,46-47,51-52H,3-14,16,18-45H2,1-2H3,(H,50,53)/b17-15-. The molecule has 0 aliphatic rings. The van der Waals surface area contributed by atoms with Gasteiger partial charge < -0.3 is 20.3 Å². The van der Waals surface area contributed by atoms with Crippen molar-refractivity contribution in [1.29, 1.82) is 0 Å². The zero-order chi connectivity index (χ0) is 40.1. The number of aliphatic hydroxyl groups is 2. The first-order valence-corrected chi connectivity index (χ1v) is 24.4. The zero-order valence-electron chi connectivity index (χ0n) is 36.9. The number of hydrogen-bond acceptors (Lipinski definition) is 5. The van der Waals surface area contributed by atoms with E-state index in [0.717, 1.165) is 51.4 Å². The molecule has 0 radical (unpaired) electrons. The van der Waals surface area contributed by atoms with Gasteiger partial charge in [0.25, 0.3) is 0 Å². The smallest absolute Gasteiger partial charge is 0.305 e. The number of allylic oxidation sites excluding steroid dienone is 2. The highest BCUT2D eigenvalue weighted by atomic mass is 16.5. The van der Waals surface area contributed by atoms with Crippen LogP contribution in [0.4, 0.5) is 0 Å². The van der Waals surface area contributed by atoms with Crippen LogP contribution in [0.5, 0.6) is 0 Å². The van der Waals surface area contributed by atoms with Crippen LogP contribution in [-0.4, -0.2) is 47.4 Å². The van der Waals surface area contributed by atoms with Crippen molar-refractivity contribution in [1.82, 2.24) is 5.32 Å². The SMILES string of the molecule is CCCCCCCCCCCCCCC(=O)OCCCCCCCC/C=C\CCCCCCCCCC(=O)NC(CO)C(O)CCCCCCCCCCC. The number of unbranched alkanes of at least 4 members (excludes halogenated alkanes) is 32. The first-order valence-electron chi connectivity index (χ1n) is 24.4. The summed E-state index contributed by atoms with van der Waals surface area (Å²) in [6.45, 7) is 4.90. The van der Waals surface area contributed by atoms with E-state index >= 15 is 0 Å². The maximum Gasteiger partial charge on any atom is 0.305 e. The number of ether oxygens (including phenoxy) is 1. The number of esters is 1. The second-order valence-electron chi connectivity index (χ2n) is 16.8. The third-order valence-electron chi connectivity index (χ3n) is 11.3. The normalized spacial score (nSPS) is 12.7. The maximum atomic E-state index is 12.4. The second-order valence-corrected chi connectivity index (χ2v) is 16.8. The molecule has 0 aliphatic carbocycles. The van der Waals surface area contributed by atoms with Crippen LogP contribution in [0.15, 0.2) is 12.2 Å². The van der Waals surface area contributed by atoms with Crippen LogP contribution in [0.25, 0.3) is 0 Å². The molecule has 6 nitrogen and oxygen atoms in total. The van der Waals surface area contributed by atoms with Crippen molar-refractivity contribution in [3.63, 3.8) is 0 Å². The van der Waals surface area contributed by atoms with Crippen LogP contribution in [0.1, 0.15) is 264 Å². The predicted molar refractivity (Wildman–Crippen MR) is 237 cm³/mol. The Labute approximate surface area is 342 Å². The molecule has 2 unspecified atom stereocenters. The molecule has 0 spiro atoms. The van der Waals surface area contributed by atoms with E-state index in [4.69, 9.17) is 4.74 Å². The molecular weight excluding hydrogens is 683 g/mol. The molecule has 0 aromatic rings. The molecule has 326 valence electrons. The summed E-state index contributed by atoms with van der Waals surface area (Å²) in [4.78, 5) is 24.3. The molecule has 0 aliphatic heterocycles. The van der Waals surface area contributed by atoms with Crippen molar-refractivity contribution in [3.8, 4) is 0 Å². The zero-order valence-corrected chi connectivity index (χ0v) is 36.9. The highest BCUT2D eigenvalue weighted by Gasteiger charge is 2.20. The van der Waals surface area contributed by atoms with Gasteiger partial charge in [-0.1, -0.05) is 212 Å². The molecule has 0 bridgehead atoms. The molecule has 0 aromatic heterocycles. The Morgan fingerprint density at radius 2 is 0.855 bits per heavy atom. The van der Waals surface area contributed by atoms with Gasteiger partial charge in [0.1, 0.15) is 0 Å². The van der Waals surface area contributed by atoms with Gasteiger partial charge in [-0.3, -0.25) is 9.59 Å². The minimum atomic E-state index is -0.668. The van der Waals surface area contributed by atoms with E-state index in [9.17, 15) is 19.8 Å². The molecular formula is C49H95NO5. The van der Waals surface area contributed by atoms with E-state index in [2.05, 4.69) is 31.3 Å². The minimum Gasteiger partial charge on any atom is -0.466 e. The third-order valence-corrected chi connectivity index (χ3v) is 11.3. The van der Waals surface area contributed by atoms with Gasteiger partial charge in [-0.05, 0) is 51.4 Å². The molecule has 0 rings (SSSR count). The van der Waals surface area contributed by atoms with Gasteiger partial charge in [0.15, 0.2) is 0 Å². The van der Waals surface area contributed by atoms with Crippen LogP contribution in [-0.2, 0) is 14.3 Å². The summed E-state index contributed by atoms with van der Waals surface area (Å²) >= 11 is 0. The van der Waals surface area contributed by atoms with Crippen molar-refractivity contribution >= 4 is 11.9 Å². The molecule has 55 heavy (non-hydrogen) atoms. The second kappa shape index (κ2) is 45.3. The minimum absolute atomic E-state index is 0.00153. The lowest BCUT2D eigenvalue weighted by Gasteiger charge is -2.22. The lowest BCUT2D eigenvalue weighted by molar-refractivity contribution is -0.143. The van der Waals surface area contributed by atoms with E-state index in [-0.39, 0.29) is 18.5 Å². The molecule has 0 heterocycles. The lowest BCUT2D eigenvalue weighted by Crippen LogP contribution is -2.45. The molecule has 2 atom stereocenters. The van der Waals surface area contributed by atoms with Crippen LogP contribution < -0.4 is 5.32 Å². The fourth-order valence-electron chi connectivity index (χ4n) is 7.51. The number of nitrogens with one attached hydrogen (secondary N) is 1. The number of carbonyl (C=O) groups is 2. The van der Waals surface area contributed by atoms with Gasteiger partial charge in [-0.15, -0.1) is 0 Å². The van der Waals surface area contributed by atoms with E-state index < -0.39 is 12.1 Å². The summed E-state index contributed by atoms with van der Waals surface area (Å²) in [6.07, 6.45) is 50.4. The van der Waals surface area contributed by atoms with Gasteiger partial charge in [-0.2, -0.15) is 0 Å². The fraction of sp³-hybridized carbons (Fsp3) is 0.918. The van der Waals surface area contributed by atoms with E-state index in [1.807, 2.05) is 0 Å². The van der Waals surface area contributed by atoms with E-state index in [0.29, 0.717) is 25.9 Å². The summed E-state index contributed by atoms with van der Waals surface area (Å²) in [5.74, 6) is -0.0510. The number of aliphatic hydroxyl groups excluding tert-OH is 2. The molecule has 0 fully saturated rings. The molecule has 0 saturated carbocycles. The quantitative estimate of drug-likeness (QED) is 0.0325.